The number of primary amides is 1. The molecule has 0 aromatic heterocycles. The molecule has 0 heterocycles. The van der Waals surface area contributed by atoms with E-state index < -0.39 is 17.3 Å². The maximum Gasteiger partial charge on any atom is 0.220 e. The highest BCUT2D eigenvalue weighted by Gasteiger charge is 2.27. The fourth-order valence-electron chi connectivity index (χ4n) is 2.00. The summed E-state index contributed by atoms with van der Waals surface area (Å²) >= 11 is 5.89. The quantitative estimate of drug-likeness (QED) is 0.427. The average Bonchev–Trinajstić information content (AvgIpc) is 2.44. The predicted octanol–water partition coefficient (Wildman–Crippen LogP) is 2.29. The first-order chi connectivity index (χ1) is 9.92. The van der Waals surface area contributed by atoms with Crippen LogP contribution < -0.4 is 11.1 Å². The van der Waals surface area contributed by atoms with E-state index in [-0.39, 0.29) is 18.1 Å². The van der Waals surface area contributed by atoms with Gasteiger partial charge in [0.25, 0.3) is 0 Å². The molecule has 0 aliphatic carbocycles. The largest absolute Gasteiger partial charge is 0.370 e. The molecule has 0 spiro atoms. The van der Waals surface area contributed by atoms with E-state index in [1.165, 1.54) is 0 Å². The van der Waals surface area contributed by atoms with Crippen molar-refractivity contribution in [1.82, 2.24) is 5.32 Å². The summed E-state index contributed by atoms with van der Waals surface area (Å²) in [6.07, 6.45) is 5.78. The van der Waals surface area contributed by atoms with E-state index in [0.29, 0.717) is 12.8 Å². The van der Waals surface area contributed by atoms with Gasteiger partial charge < -0.3 is 11.1 Å². The number of nitrogens with two attached hydrogens (primary N) is 1. The van der Waals surface area contributed by atoms with Crippen molar-refractivity contribution in [1.29, 1.82) is 0 Å². The summed E-state index contributed by atoms with van der Waals surface area (Å²) in [6, 6.07) is -0.909. The second kappa shape index (κ2) is 11.5. The summed E-state index contributed by atoms with van der Waals surface area (Å²) in [7, 11) is 0. The summed E-state index contributed by atoms with van der Waals surface area (Å²) in [5.74, 6) is -1.21. The Morgan fingerprint density at radius 3 is 2.24 bits per heavy atom. The van der Waals surface area contributed by atoms with Crippen LogP contribution in [0.5, 0.6) is 0 Å². The lowest BCUT2D eigenvalue weighted by atomic mass is 10.0. The molecule has 2 atom stereocenters. The molecule has 0 rings (SSSR count). The van der Waals surface area contributed by atoms with Crippen LogP contribution in [0.1, 0.15) is 65.2 Å². The number of carbonyl (C=O) groups excluding carboxylic acids is 3. The van der Waals surface area contributed by atoms with Crippen molar-refractivity contribution in [3.8, 4) is 0 Å². The molecule has 0 saturated carbocycles. The lowest BCUT2D eigenvalue weighted by Gasteiger charge is -2.18. The summed E-state index contributed by atoms with van der Waals surface area (Å²) in [5, 5.41) is 1.87. The number of halogens is 1. The lowest BCUT2D eigenvalue weighted by molar-refractivity contribution is -0.129. The fraction of sp³-hybridized carbons (Fsp3) is 0.800. The van der Waals surface area contributed by atoms with Crippen LogP contribution in [0.15, 0.2) is 0 Å². The van der Waals surface area contributed by atoms with Crippen LogP contribution >= 0.6 is 11.6 Å². The van der Waals surface area contributed by atoms with E-state index in [9.17, 15) is 14.4 Å². The highest BCUT2D eigenvalue weighted by Crippen LogP contribution is 2.09. The highest BCUT2D eigenvalue weighted by molar-refractivity contribution is 6.32. The fourth-order valence-corrected chi connectivity index (χ4v) is 2.15. The van der Waals surface area contributed by atoms with E-state index in [2.05, 4.69) is 12.2 Å². The van der Waals surface area contributed by atoms with Gasteiger partial charge in [-0.25, -0.2) is 0 Å². The van der Waals surface area contributed by atoms with Gasteiger partial charge in [-0.3, -0.25) is 14.4 Å². The van der Waals surface area contributed by atoms with Gasteiger partial charge in [0.2, 0.25) is 11.8 Å². The lowest BCUT2D eigenvalue weighted by Crippen LogP contribution is -2.46. The van der Waals surface area contributed by atoms with Gasteiger partial charge in [0.1, 0.15) is 0 Å². The number of unbranched alkanes of at least 4 members (excludes halogenated alkanes) is 4. The standard InChI is InChI=1S/C15H27ClN2O3/c1-3-5-6-7-8-9-14(20)18-12(10-13(17)19)15(21)11(16)4-2/h11-12H,3-10H2,1-2H3,(H2,17,19)(H,18,20)/t11-,12-/m1/s1. The number of ketones is 1. The van der Waals surface area contributed by atoms with Crippen LogP contribution in [0.25, 0.3) is 0 Å². The van der Waals surface area contributed by atoms with E-state index in [1.54, 1.807) is 6.92 Å². The number of carbonyl (C=O) groups is 3. The van der Waals surface area contributed by atoms with Crippen molar-refractivity contribution in [3.63, 3.8) is 0 Å². The molecular weight excluding hydrogens is 292 g/mol. The molecule has 3 N–H and O–H groups in total. The Hall–Kier alpha value is -1.10. The summed E-state index contributed by atoms with van der Waals surface area (Å²) in [5.41, 5.74) is 5.12. The van der Waals surface area contributed by atoms with Crippen molar-refractivity contribution in [2.45, 2.75) is 76.6 Å². The number of hydrogen-bond donors (Lipinski definition) is 2. The Labute approximate surface area is 132 Å². The minimum absolute atomic E-state index is 0.205. The van der Waals surface area contributed by atoms with Gasteiger partial charge in [-0.15, -0.1) is 11.6 Å². The third-order valence-electron chi connectivity index (χ3n) is 3.26. The Morgan fingerprint density at radius 1 is 1.10 bits per heavy atom. The Kier molecular flexibility index (Phi) is 10.9. The molecule has 0 aromatic carbocycles. The zero-order valence-electron chi connectivity index (χ0n) is 13.0. The van der Waals surface area contributed by atoms with Crippen LogP contribution in [-0.4, -0.2) is 29.0 Å². The van der Waals surface area contributed by atoms with Crippen molar-refractivity contribution in [2.75, 3.05) is 0 Å². The first-order valence-electron chi connectivity index (χ1n) is 7.67. The highest BCUT2D eigenvalue weighted by atomic mass is 35.5. The SMILES string of the molecule is CCCCCCCC(=O)N[C@H](CC(N)=O)C(=O)[C@H](Cl)CC. The maximum absolute atomic E-state index is 12.0. The Morgan fingerprint density at radius 2 is 1.71 bits per heavy atom. The Bertz CT molecular complexity index is 348. The van der Waals surface area contributed by atoms with Crippen LogP contribution in [0.2, 0.25) is 0 Å². The first kappa shape index (κ1) is 19.9. The molecule has 0 radical (unpaired) electrons. The molecule has 0 aliphatic rings. The maximum atomic E-state index is 12.0. The van der Waals surface area contributed by atoms with Crippen molar-refractivity contribution in [2.24, 2.45) is 5.73 Å². The minimum Gasteiger partial charge on any atom is -0.370 e. The summed E-state index contributed by atoms with van der Waals surface area (Å²) < 4.78 is 0. The molecule has 122 valence electrons. The molecule has 6 heteroatoms. The zero-order valence-corrected chi connectivity index (χ0v) is 13.7. The van der Waals surface area contributed by atoms with Gasteiger partial charge >= 0.3 is 0 Å². The smallest absolute Gasteiger partial charge is 0.220 e. The van der Waals surface area contributed by atoms with E-state index in [1.807, 2.05) is 0 Å². The monoisotopic (exact) mass is 318 g/mol. The molecular formula is C15H27ClN2O3. The van der Waals surface area contributed by atoms with Crippen LogP contribution in [0.4, 0.5) is 0 Å². The third-order valence-corrected chi connectivity index (χ3v) is 3.78. The van der Waals surface area contributed by atoms with Crippen LogP contribution in [0, 0.1) is 0 Å². The average molecular weight is 319 g/mol. The van der Waals surface area contributed by atoms with Crippen molar-refractivity contribution >= 4 is 29.2 Å². The van der Waals surface area contributed by atoms with Crippen molar-refractivity contribution in [3.05, 3.63) is 0 Å². The van der Waals surface area contributed by atoms with E-state index in [4.69, 9.17) is 17.3 Å². The van der Waals surface area contributed by atoms with Crippen LogP contribution in [0.3, 0.4) is 0 Å². The molecule has 0 saturated heterocycles. The van der Waals surface area contributed by atoms with E-state index in [0.717, 1.165) is 32.1 Å². The van der Waals surface area contributed by atoms with Crippen molar-refractivity contribution < 1.29 is 14.4 Å². The second-order valence-corrected chi connectivity index (χ2v) is 5.76. The van der Waals surface area contributed by atoms with Gasteiger partial charge in [0.05, 0.1) is 17.8 Å². The molecule has 5 nitrogen and oxygen atoms in total. The third kappa shape index (κ3) is 9.45. The molecule has 0 fully saturated rings. The molecule has 0 bridgehead atoms. The number of rotatable bonds is 12. The Balaban J connectivity index is 4.29. The number of nitrogens with one attached hydrogen (secondary N) is 1. The first-order valence-corrected chi connectivity index (χ1v) is 8.11. The normalized spacial score (nSPS) is 13.5. The van der Waals surface area contributed by atoms with Gasteiger partial charge in [-0.1, -0.05) is 39.5 Å². The van der Waals surface area contributed by atoms with Gasteiger partial charge in [-0.05, 0) is 12.8 Å². The summed E-state index contributed by atoms with van der Waals surface area (Å²) in [6.45, 7) is 3.90. The summed E-state index contributed by atoms with van der Waals surface area (Å²) in [4.78, 5) is 34.8. The minimum atomic E-state index is -0.909. The van der Waals surface area contributed by atoms with Gasteiger partial charge in [0, 0.05) is 6.42 Å². The molecule has 21 heavy (non-hydrogen) atoms. The van der Waals surface area contributed by atoms with Gasteiger partial charge in [0.15, 0.2) is 5.78 Å². The second-order valence-electron chi connectivity index (χ2n) is 5.23. The number of alkyl halides is 1. The molecule has 0 aliphatic heterocycles. The zero-order chi connectivity index (χ0) is 16.3. The topological polar surface area (TPSA) is 89.3 Å². The molecule has 0 unspecified atom stereocenters. The predicted molar refractivity (Wildman–Crippen MR) is 84.1 cm³/mol. The number of amides is 2. The molecule has 0 aromatic rings. The number of hydrogen-bond acceptors (Lipinski definition) is 3. The molecule has 2 amide bonds. The van der Waals surface area contributed by atoms with E-state index >= 15 is 0 Å². The van der Waals surface area contributed by atoms with Crippen LogP contribution in [-0.2, 0) is 14.4 Å². The van der Waals surface area contributed by atoms with Gasteiger partial charge in [-0.2, -0.15) is 0 Å². The number of Topliss-reactive ketones (excluding diaryl/α,β-unsaturated/α-hetero) is 1.